The number of nitrogens with two attached hydrogens (primary N) is 1. The standard InChI is InChI=1S/C12H12Br2N4O2/c1-20-11-3-10(8(13)2-9(11)14)17-12(19)6-18-5-7(15)4-16-18/h2-5H,6,15H2,1H3,(H,17,19). The van der Waals surface area contributed by atoms with Gasteiger partial charge in [0, 0.05) is 16.7 Å². The zero-order valence-electron chi connectivity index (χ0n) is 10.6. The third kappa shape index (κ3) is 3.51. The molecule has 1 aromatic heterocycles. The number of nitrogen functional groups attached to an aromatic ring is 1. The number of nitrogens with one attached hydrogen (secondary N) is 1. The van der Waals surface area contributed by atoms with E-state index in [1.807, 2.05) is 0 Å². The van der Waals surface area contributed by atoms with E-state index in [9.17, 15) is 4.79 Å². The molecule has 0 bridgehead atoms. The van der Waals surface area contributed by atoms with Crippen molar-refractivity contribution in [2.75, 3.05) is 18.2 Å². The average Bonchev–Trinajstić information content (AvgIpc) is 2.78. The maximum atomic E-state index is 11.9. The molecule has 0 saturated heterocycles. The molecule has 0 aliphatic heterocycles. The fraction of sp³-hybridized carbons (Fsp3) is 0.167. The van der Waals surface area contributed by atoms with Crippen LogP contribution in [0.3, 0.4) is 0 Å². The van der Waals surface area contributed by atoms with Gasteiger partial charge in [0.1, 0.15) is 12.3 Å². The molecular formula is C12H12Br2N4O2. The first-order chi connectivity index (χ1) is 9.49. The van der Waals surface area contributed by atoms with Gasteiger partial charge in [-0.1, -0.05) is 0 Å². The summed E-state index contributed by atoms with van der Waals surface area (Å²) in [5.74, 6) is 0.421. The van der Waals surface area contributed by atoms with Crippen molar-refractivity contribution >= 4 is 49.1 Å². The Balaban J connectivity index is 2.11. The molecule has 3 N–H and O–H groups in total. The van der Waals surface area contributed by atoms with Gasteiger partial charge in [0.25, 0.3) is 0 Å². The second-order valence-corrected chi connectivity index (χ2v) is 5.69. The molecule has 0 unspecified atom stereocenters. The Morgan fingerprint density at radius 3 is 2.80 bits per heavy atom. The highest BCUT2D eigenvalue weighted by atomic mass is 79.9. The van der Waals surface area contributed by atoms with Crippen LogP contribution in [0.15, 0.2) is 33.5 Å². The van der Waals surface area contributed by atoms with Crippen molar-refractivity contribution in [1.29, 1.82) is 0 Å². The number of nitrogens with zero attached hydrogens (tertiary/aromatic N) is 2. The molecule has 2 rings (SSSR count). The number of carbonyl (C=O) groups is 1. The quantitative estimate of drug-likeness (QED) is 0.821. The molecule has 2 aromatic rings. The van der Waals surface area contributed by atoms with Crippen LogP contribution in [0.25, 0.3) is 0 Å². The van der Waals surface area contributed by atoms with Gasteiger partial charge in [-0.3, -0.25) is 9.48 Å². The fourth-order valence-corrected chi connectivity index (χ4v) is 2.84. The molecule has 1 heterocycles. The van der Waals surface area contributed by atoms with Gasteiger partial charge >= 0.3 is 0 Å². The lowest BCUT2D eigenvalue weighted by Crippen LogP contribution is -2.19. The van der Waals surface area contributed by atoms with Crippen molar-refractivity contribution in [3.8, 4) is 5.75 Å². The van der Waals surface area contributed by atoms with Gasteiger partial charge in [0.15, 0.2) is 0 Å². The molecule has 106 valence electrons. The Morgan fingerprint density at radius 1 is 1.45 bits per heavy atom. The number of methoxy groups -OCH3 is 1. The van der Waals surface area contributed by atoms with Crippen LogP contribution in [0.5, 0.6) is 5.75 Å². The summed E-state index contributed by atoms with van der Waals surface area (Å²) in [6, 6.07) is 3.53. The van der Waals surface area contributed by atoms with Crippen molar-refractivity contribution in [1.82, 2.24) is 9.78 Å². The molecule has 0 radical (unpaired) electrons. The highest BCUT2D eigenvalue weighted by molar-refractivity contribution is 9.11. The summed E-state index contributed by atoms with van der Waals surface area (Å²) < 4.78 is 8.20. The molecule has 1 aromatic carbocycles. The van der Waals surface area contributed by atoms with Crippen LogP contribution < -0.4 is 15.8 Å². The monoisotopic (exact) mass is 402 g/mol. The van der Waals surface area contributed by atoms with E-state index in [1.165, 1.54) is 10.9 Å². The Labute approximate surface area is 132 Å². The molecule has 6 nitrogen and oxygen atoms in total. The van der Waals surface area contributed by atoms with Gasteiger partial charge in [-0.15, -0.1) is 0 Å². The van der Waals surface area contributed by atoms with Crippen molar-refractivity contribution < 1.29 is 9.53 Å². The highest BCUT2D eigenvalue weighted by Crippen LogP contribution is 2.34. The number of amides is 1. The minimum absolute atomic E-state index is 0.0853. The number of carbonyl (C=O) groups excluding carboxylic acids is 1. The maximum absolute atomic E-state index is 11.9. The van der Waals surface area contributed by atoms with E-state index in [-0.39, 0.29) is 12.5 Å². The summed E-state index contributed by atoms with van der Waals surface area (Å²) in [7, 11) is 1.56. The van der Waals surface area contributed by atoms with Crippen molar-refractivity contribution in [3.63, 3.8) is 0 Å². The van der Waals surface area contributed by atoms with Crippen molar-refractivity contribution in [2.45, 2.75) is 6.54 Å². The van der Waals surface area contributed by atoms with Gasteiger partial charge in [0.2, 0.25) is 5.91 Å². The van der Waals surface area contributed by atoms with E-state index in [4.69, 9.17) is 10.5 Å². The SMILES string of the molecule is COc1cc(NC(=O)Cn2cc(N)cn2)c(Br)cc1Br. The predicted molar refractivity (Wildman–Crippen MR) is 83.7 cm³/mol. The Kier molecular flexibility index (Phi) is 4.66. The van der Waals surface area contributed by atoms with E-state index in [0.29, 0.717) is 17.1 Å². The number of ether oxygens (including phenoxy) is 1. The molecule has 20 heavy (non-hydrogen) atoms. The van der Waals surface area contributed by atoms with Gasteiger partial charge in [0.05, 0.1) is 29.2 Å². The third-order valence-corrected chi connectivity index (χ3v) is 3.75. The van der Waals surface area contributed by atoms with E-state index < -0.39 is 0 Å². The fourth-order valence-electron chi connectivity index (χ4n) is 1.58. The largest absolute Gasteiger partial charge is 0.495 e. The van der Waals surface area contributed by atoms with Gasteiger partial charge in [-0.05, 0) is 37.9 Å². The lowest BCUT2D eigenvalue weighted by molar-refractivity contribution is -0.116. The van der Waals surface area contributed by atoms with Crippen molar-refractivity contribution in [2.24, 2.45) is 0 Å². The van der Waals surface area contributed by atoms with E-state index >= 15 is 0 Å². The molecular weight excluding hydrogens is 392 g/mol. The molecule has 0 aliphatic carbocycles. The summed E-state index contributed by atoms with van der Waals surface area (Å²) in [6.07, 6.45) is 3.09. The number of aromatic nitrogens is 2. The third-order valence-electron chi connectivity index (χ3n) is 2.47. The highest BCUT2D eigenvalue weighted by Gasteiger charge is 2.11. The molecule has 0 aliphatic rings. The van der Waals surface area contributed by atoms with Crippen LogP contribution in [0.1, 0.15) is 0 Å². The van der Waals surface area contributed by atoms with E-state index in [1.54, 1.807) is 25.4 Å². The summed E-state index contributed by atoms with van der Waals surface area (Å²) in [5.41, 5.74) is 6.68. The second-order valence-electron chi connectivity index (χ2n) is 3.99. The smallest absolute Gasteiger partial charge is 0.246 e. The van der Waals surface area contributed by atoms with Crippen LogP contribution in [0, 0.1) is 0 Å². The first-order valence-corrected chi connectivity index (χ1v) is 7.19. The molecule has 1 amide bonds. The molecule has 0 fully saturated rings. The molecule has 0 spiro atoms. The summed E-state index contributed by atoms with van der Waals surface area (Å²) in [6.45, 7) is 0.0853. The van der Waals surface area contributed by atoms with Gasteiger partial charge in [-0.25, -0.2) is 0 Å². The average molecular weight is 404 g/mol. The second kappa shape index (κ2) is 6.27. The summed E-state index contributed by atoms with van der Waals surface area (Å²) >= 11 is 6.75. The van der Waals surface area contributed by atoms with Crippen LogP contribution in [0.4, 0.5) is 11.4 Å². The van der Waals surface area contributed by atoms with Crippen LogP contribution in [-0.4, -0.2) is 22.8 Å². The number of halogens is 2. The molecule has 0 saturated carbocycles. The van der Waals surface area contributed by atoms with E-state index in [2.05, 4.69) is 42.3 Å². The first-order valence-electron chi connectivity index (χ1n) is 5.60. The number of benzene rings is 1. The minimum atomic E-state index is -0.210. The normalized spacial score (nSPS) is 10.3. The topological polar surface area (TPSA) is 82.2 Å². The summed E-state index contributed by atoms with van der Waals surface area (Å²) in [4.78, 5) is 11.9. The van der Waals surface area contributed by atoms with Crippen molar-refractivity contribution in [3.05, 3.63) is 33.5 Å². The Hall–Kier alpha value is -1.54. The zero-order valence-corrected chi connectivity index (χ0v) is 13.7. The Bertz CT molecular complexity index is 642. The Morgan fingerprint density at radius 2 is 2.20 bits per heavy atom. The minimum Gasteiger partial charge on any atom is -0.495 e. The molecule has 8 heteroatoms. The number of anilines is 2. The first kappa shape index (κ1) is 14.9. The van der Waals surface area contributed by atoms with E-state index in [0.717, 1.165) is 8.95 Å². The van der Waals surface area contributed by atoms with Gasteiger partial charge in [-0.2, -0.15) is 5.10 Å². The van der Waals surface area contributed by atoms with Crippen LogP contribution >= 0.6 is 31.9 Å². The molecule has 0 atom stereocenters. The van der Waals surface area contributed by atoms with Crippen LogP contribution in [0.2, 0.25) is 0 Å². The lowest BCUT2D eigenvalue weighted by Gasteiger charge is -2.11. The zero-order chi connectivity index (χ0) is 14.7. The van der Waals surface area contributed by atoms with Gasteiger partial charge < -0.3 is 15.8 Å². The predicted octanol–water partition coefficient (Wildman–Crippen LogP) is 2.64. The summed E-state index contributed by atoms with van der Waals surface area (Å²) in [5, 5.41) is 6.74. The number of hydrogen-bond donors (Lipinski definition) is 2. The maximum Gasteiger partial charge on any atom is 0.246 e. The number of rotatable bonds is 4. The lowest BCUT2D eigenvalue weighted by atomic mass is 10.3. The number of hydrogen-bond acceptors (Lipinski definition) is 4. The van der Waals surface area contributed by atoms with Crippen LogP contribution in [-0.2, 0) is 11.3 Å².